The number of benzene rings is 1. The third-order valence-electron chi connectivity index (χ3n) is 3.63. The smallest absolute Gasteiger partial charge is 0.0931 e. The first-order valence-corrected chi connectivity index (χ1v) is 6.35. The van der Waals surface area contributed by atoms with Crippen molar-refractivity contribution in [2.45, 2.75) is 19.3 Å². The number of nitriles is 1. The molecular formula is C14H16N4. The fourth-order valence-corrected chi connectivity index (χ4v) is 2.18. The van der Waals surface area contributed by atoms with E-state index in [1.165, 1.54) is 5.56 Å². The average Bonchev–Trinajstić information content (AvgIpc) is 3.03. The predicted molar refractivity (Wildman–Crippen MR) is 69.9 cm³/mol. The summed E-state index contributed by atoms with van der Waals surface area (Å²) in [6.07, 6.45) is 4.81. The van der Waals surface area contributed by atoms with Crippen molar-refractivity contribution in [1.29, 1.82) is 5.26 Å². The van der Waals surface area contributed by atoms with Gasteiger partial charge >= 0.3 is 0 Å². The van der Waals surface area contributed by atoms with E-state index in [2.05, 4.69) is 33.5 Å². The van der Waals surface area contributed by atoms with Crippen molar-refractivity contribution in [2.75, 3.05) is 13.1 Å². The molecule has 1 heterocycles. The van der Waals surface area contributed by atoms with E-state index in [-0.39, 0.29) is 5.41 Å². The summed E-state index contributed by atoms with van der Waals surface area (Å²) in [7, 11) is 0. The number of H-pyrrole nitrogens is 1. The van der Waals surface area contributed by atoms with Gasteiger partial charge in [0.25, 0.3) is 0 Å². The number of hydrogen-bond acceptors (Lipinski definition) is 3. The molecule has 18 heavy (non-hydrogen) atoms. The fourth-order valence-electron chi connectivity index (χ4n) is 2.18. The van der Waals surface area contributed by atoms with Gasteiger partial charge in [-0.1, -0.05) is 6.07 Å². The van der Waals surface area contributed by atoms with Crippen LogP contribution in [-0.2, 0) is 6.42 Å². The highest BCUT2D eigenvalue weighted by molar-refractivity contribution is 5.75. The summed E-state index contributed by atoms with van der Waals surface area (Å²) in [6, 6.07) is 8.69. The molecule has 4 nitrogen and oxygen atoms in total. The van der Waals surface area contributed by atoms with E-state index >= 15 is 0 Å². The minimum atomic E-state index is -0.0483. The van der Waals surface area contributed by atoms with Crippen molar-refractivity contribution < 1.29 is 0 Å². The molecule has 0 unspecified atom stereocenters. The Morgan fingerprint density at radius 3 is 3.11 bits per heavy atom. The van der Waals surface area contributed by atoms with Gasteiger partial charge in [0.2, 0.25) is 0 Å². The lowest BCUT2D eigenvalue weighted by Crippen LogP contribution is -2.25. The number of nitrogens with one attached hydrogen (secondary N) is 2. The Labute approximate surface area is 106 Å². The van der Waals surface area contributed by atoms with Crippen LogP contribution in [0.1, 0.15) is 18.4 Å². The van der Waals surface area contributed by atoms with Crippen LogP contribution in [0.2, 0.25) is 0 Å². The van der Waals surface area contributed by atoms with Crippen LogP contribution >= 0.6 is 0 Å². The van der Waals surface area contributed by atoms with Crippen LogP contribution in [0.5, 0.6) is 0 Å². The van der Waals surface area contributed by atoms with Crippen LogP contribution in [0.25, 0.3) is 11.0 Å². The monoisotopic (exact) mass is 240 g/mol. The molecule has 0 aliphatic heterocycles. The number of aromatic amines is 1. The topological polar surface area (TPSA) is 64.5 Å². The zero-order valence-corrected chi connectivity index (χ0v) is 10.2. The van der Waals surface area contributed by atoms with Crippen LogP contribution in [0.3, 0.4) is 0 Å². The van der Waals surface area contributed by atoms with Crippen LogP contribution < -0.4 is 5.32 Å². The molecule has 1 fully saturated rings. The molecule has 2 aromatic rings. The van der Waals surface area contributed by atoms with Gasteiger partial charge in [-0.3, -0.25) is 0 Å². The Balaban J connectivity index is 1.52. The number of imidazole rings is 1. The van der Waals surface area contributed by atoms with Gasteiger partial charge < -0.3 is 10.3 Å². The zero-order chi connectivity index (χ0) is 12.4. The molecule has 92 valence electrons. The number of hydrogen-bond donors (Lipinski definition) is 2. The first-order chi connectivity index (χ1) is 8.81. The number of aromatic nitrogens is 2. The first kappa shape index (κ1) is 11.2. The van der Waals surface area contributed by atoms with Gasteiger partial charge in [-0.25, -0.2) is 4.98 Å². The molecule has 1 aliphatic rings. The standard InChI is InChI=1S/C14H16N4/c15-8-14(4-5-14)9-16-6-3-11-1-2-12-13(7-11)18-10-17-12/h1-2,7,10,16H,3-6,9H2,(H,17,18). The summed E-state index contributed by atoms with van der Waals surface area (Å²) in [6.45, 7) is 1.75. The van der Waals surface area contributed by atoms with Crippen molar-refractivity contribution in [3.63, 3.8) is 0 Å². The zero-order valence-electron chi connectivity index (χ0n) is 10.2. The molecule has 4 heteroatoms. The highest BCUT2D eigenvalue weighted by Crippen LogP contribution is 2.43. The molecule has 1 aromatic carbocycles. The van der Waals surface area contributed by atoms with Gasteiger partial charge in [0, 0.05) is 6.54 Å². The number of fused-ring (bicyclic) bond motifs is 1. The van der Waals surface area contributed by atoms with Crippen molar-refractivity contribution in [3.8, 4) is 6.07 Å². The third kappa shape index (κ3) is 2.22. The van der Waals surface area contributed by atoms with E-state index in [0.29, 0.717) is 0 Å². The van der Waals surface area contributed by atoms with E-state index in [1.807, 2.05) is 6.07 Å². The third-order valence-corrected chi connectivity index (χ3v) is 3.63. The fraction of sp³-hybridized carbons (Fsp3) is 0.429. The second kappa shape index (κ2) is 4.43. The summed E-state index contributed by atoms with van der Waals surface area (Å²) in [5.74, 6) is 0. The number of nitrogens with zero attached hydrogens (tertiary/aromatic N) is 2. The summed E-state index contributed by atoms with van der Waals surface area (Å²) in [5.41, 5.74) is 3.34. The molecule has 1 saturated carbocycles. The average molecular weight is 240 g/mol. The molecule has 2 N–H and O–H groups in total. The lowest BCUT2D eigenvalue weighted by Gasteiger charge is -2.07. The second-order valence-corrected chi connectivity index (χ2v) is 5.07. The minimum absolute atomic E-state index is 0.0483. The van der Waals surface area contributed by atoms with Crippen molar-refractivity contribution >= 4 is 11.0 Å². The maximum Gasteiger partial charge on any atom is 0.0931 e. The lowest BCUT2D eigenvalue weighted by atomic mass is 10.1. The van der Waals surface area contributed by atoms with Crippen LogP contribution in [0.15, 0.2) is 24.5 Å². The summed E-state index contributed by atoms with van der Waals surface area (Å²) in [5, 5.41) is 12.3. The van der Waals surface area contributed by atoms with Gasteiger partial charge in [0.05, 0.1) is 28.8 Å². The molecule has 0 amide bonds. The van der Waals surface area contributed by atoms with Crippen LogP contribution in [0.4, 0.5) is 0 Å². The molecule has 0 radical (unpaired) electrons. The van der Waals surface area contributed by atoms with Gasteiger partial charge in [0.15, 0.2) is 0 Å². The van der Waals surface area contributed by atoms with E-state index in [1.54, 1.807) is 6.33 Å². The van der Waals surface area contributed by atoms with Gasteiger partial charge in [-0.05, 0) is 43.5 Å². The van der Waals surface area contributed by atoms with Crippen molar-refractivity contribution in [1.82, 2.24) is 15.3 Å². The second-order valence-electron chi connectivity index (χ2n) is 5.07. The largest absolute Gasteiger partial charge is 0.345 e. The molecule has 1 aliphatic carbocycles. The maximum atomic E-state index is 8.97. The molecule has 0 atom stereocenters. The quantitative estimate of drug-likeness (QED) is 0.786. The van der Waals surface area contributed by atoms with Gasteiger partial charge in [-0.15, -0.1) is 0 Å². The van der Waals surface area contributed by atoms with Crippen LogP contribution in [-0.4, -0.2) is 23.1 Å². The molecular weight excluding hydrogens is 224 g/mol. The highest BCUT2D eigenvalue weighted by Gasteiger charge is 2.42. The summed E-state index contributed by atoms with van der Waals surface area (Å²) in [4.78, 5) is 7.32. The predicted octanol–water partition coefficient (Wildman–Crippen LogP) is 2.00. The lowest BCUT2D eigenvalue weighted by molar-refractivity contribution is 0.560. The van der Waals surface area contributed by atoms with E-state index < -0.39 is 0 Å². The Bertz CT molecular complexity index is 589. The Morgan fingerprint density at radius 2 is 2.33 bits per heavy atom. The Kier molecular flexibility index (Phi) is 2.77. The van der Waals surface area contributed by atoms with Crippen molar-refractivity contribution in [3.05, 3.63) is 30.1 Å². The number of rotatable bonds is 5. The Morgan fingerprint density at radius 1 is 1.44 bits per heavy atom. The van der Waals surface area contributed by atoms with Crippen molar-refractivity contribution in [2.24, 2.45) is 5.41 Å². The highest BCUT2D eigenvalue weighted by atomic mass is 14.9. The molecule has 3 rings (SSSR count). The molecule has 0 saturated heterocycles. The van der Waals surface area contributed by atoms with E-state index in [4.69, 9.17) is 5.26 Å². The Hall–Kier alpha value is -1.86. The normalized spacial score (nSPS) is 16.6. The van der Waals surface area contributed by atoms with E-state index in [9.17, 15) is 0 Å². The van der Waals surface area contributed by atoms with Gasteiger partial charge in [0.1, 0.15) is 0 Å². The van der Waals surface area contributed by atoms with E-state index in [0.717, 1.165) is 43.4 Å². The minimum Gasteiger partial charge on any atom is -0.345 e. The SMILES string of the molecule is N#CC1(CNCCc2ccc3nc[nH]c3c2)CC1. The first-order valence-electron chi connectivity index (χ1n) is 6.35. The molecule has 0 bridgehead atoms. The summed E-state index contributed by atoms with van der Waals surface area (Å²) >= 11 is 0. The summed E-state index contributed by atoms with van der Waals surface area (Å²) < 4.78 is 0. The maximum absolute atomic E-state index is 8.97. The molecule has 1 aromatic heterocycles. The van der Waals surface area contributed by atoms with Crippen LogP contribution in [0, 0.1) is 16.7 Å². The molecule has 0 spiro atoms. The van der Waals surface area contributed by atoms with Gasteiger partial charge in [-0.2, -0.15) is 5.26 Å².